The normalized spacial score (nSPS) is 17.6. The van der Waals surface area contributed by atoms with Gasteiger partial charge in [0.15, 0.2) is 0 Å². The Morgan fingerprint density at radius 1 is 1.06 bits per heavy atom. The summed E-state index contributed by atoms with van der Waals surface area (Å²) in [6.07, 6.45) is -15.7. The molecule has 0 saturated heterocycles. The van der Waals surface area contributed by atoms with Crippen molar-refractivity contribution >= 4 is 7.82 Å². The lowest BCUT2D eigenvalue weighted by Crippen LogP contribution is -2.53. The highest BCUT2D eigenvalue weighted by Crippen LogP contribution is 2.49. The van der Waals surface area contributed by atoms with E-state index in [0.717, 1.165) is 0 Å². The van der Waals surface area contributed by atoms with Gasteiger partial charge in [0.05, 0.1) is 6.61 Å². The van der Waals surface area contributed by atoms with Gasteiger partial charge in [0.25, 0.3) is 13.5 Å². The van der Waals surface area contributed by atoms with Crippen LogP contribution in [0.15, 0.2) is 0 Å². The van der Waals surface area contributed by atoms with Gasteiger partial charge < -0.3 is 14.3 Å². The predicted molar refractivity (Wildman–Crippen MR) is 41.0 cm³/mol. The SMILES string of the molecule is O=P([O-])(O)OCCCC(F)(C(F)(F)F)C(F)(F)F. The van der Waals surface area contributed by atoms with Crippen LogP contribution in [0.1, 0.15) is 12.8 Å². The van der Waals surface area contributed by atoms with E-state index in [1.165, 1.54) is 0 Å². The van der Waals surface area contributed by atoms with Crippen molar-refractivity contribution in [2.75, 3.05) is 6.61 Å². The Balaban J connectivity index is 4.62. The van der Waals surface area contributed by atoms with Crippen molar-refractivity contribution < 1.29 is 49.6 Å². The molecule has 18 heavy (non-hydrogen) atoms. The molecule has 4 nitrogen and oxygen atoms in total. The first-order chi connectivity index (χ1) is 7.71. The molecule has 0 aliphatic rings. The van der Waals surface area contributed by atoms with E-state index in [1.54, 1.807) is 0 Å². The number of hydrogen-bond donors (Lipinski definition) is 1. The van der Waals surface area contributed by atoms with Crippen LogP contribution in [0.25, 0.3) is 0 Å². The monoisotopic (exact) mass is 307 g/mol. The minimum absolute atomic E-state index is 1.20. The fourth-order valence-corrected chi connectivity index (χ4v) is 1.30. The molecule has 0 heterocycles. The highest BCUT2D eigenvalue weighted by atomic mass is 31.2. The maximum Gasteiger partial charge on any atom is 0.431 e. The van der Waals surface area contributed by atoms with Gasteiger partial charge in [-0.05, 0) is 6.42 Å². The van der Waals surface area contributed by atoms with Gasteiger partial charge in [-0.15, -0.1) is 0 Å². The van der Waals surface area contributed by atoms with Crippen LogP contribution in [-0.4, -0.2) is 29.5 Å². The highest BCUT2D eigenvalue weighted by molar-refractivity contribution is 7.44. The maximum atomic E-state index is 12.9. The van der Waals surface area contributed by atoms with Gasteiger partial charge in [0, 0.05) is 6.42 Å². The van der Waals surface area contributed by atoms with Gasteiger partial charge in [0.1, 0.15) is 0 Å². The fraction of sp³-hybridized carbons (Fsp3) is 1.00. The van der Waals surface area contributed by atoms with Crippen molar-refractivity contribution in [3.63, 3.8) is 0 Å². The number of hydrogen-bond acceptors (Lipinski definition) is 3. The fourth-order valence-electron chi connectivity index (χ4n) is 0.940. The van der Waals surface area contributed by atoms with Crippen LogP contribution in [0, 0.1) is 0 Å². The third kappa shape index (κ3) is 4.71. The molecule has 0 aromatic carbocycles. The average Bonchev–Trinajstić information content (AvgIpc) is 2.06. The summed E-state index contributed by atoms with van der Waals surface area (Å²) in [7, 11) is -5.26. The number of phosphoric ester groups is 1. The van der Waals surface area contributed by atoms with Crippen LogP contribution < -0.4 is 4.89 Å². The Bertz CT molecular complexity index is 305. The molecular weight excluding hydrogens is 300 g/mol. The quantitative estimate of drug-likeness (QED) is 0.479. The molecule has 0 radical (unpaired) electrons. The molecule has 0 aromatic rings. The van der Waals surface area contributed by atoms with Gasteiger partial charge in [0.2, 0.25) is 0 Å². The number of phosphoric acid groups is 1. The Morgan fingerprint density at radius 3 is 1.72 bits per heavy atom. The predicted octanol–water partition coefficient (Wildman–Crippen LogP) is 2.08. The zero-order chi connectivity index (χ0) is 14.8. The maximum absolute atomic E-state index is 12.9. The van der Waals surface area contributed by atoms with E-state index in [2.05, 4.69) is 4.52 Å². The first-order valence-electron chi connectivity index (χ1n) is 4.21. The number of halogens is 7. The molecule has 12 heteroatoms. The van der Waals surface area contributed by atoms with E-state index in [-0.39, 0.29) is 0 Å². The first-order valence-corrected chi connectivity index (χ1v) is 5.71. The highest BCUT2D eigenvalue weighted by Gasteiger charge is 2.71. The third-order valence-electron chi connectivity index (χ3n) is 1.82. The molecule has 0 saturated carbocycles. The second kappa shape index (κ2) is 5.32. The van der Waals surface area contributed by atoms with E-state index in [0.29, 0.717) is 0 Å². The molecule has 0 amide bonds. The lowest BCUT2D eigenvalue weighted by atomic mass is 9.98. The Kier molecular flexibility index (Phi) is 5.20. The molecule has 0 aromatic heterocycles. The number of rotatable bonds is 5. The van der Waals surface area contributed by atoms with Crippen LogP contribution in [0.3, 0.4) is 0 Å². The van der Waals surface area contributed by atoms with E-state index in [4.69, 9.17) is 4.89 Å². The molecule has 0 aliphatic carbocycles. The van der Waals surface area contributed by atoms with Crippen LogP contribution in [0.5, 0.6) is 0 Å². The summed E-state index contributed by atoms with van der Waals surface area (Å²) in [5, 5.41) is 0. The van der Waals surface area contributed by atoms with Crippen molar-refractivity contribution in [2.24, 2.45) is 0 Å². The van der Waals surface area contributed by atoms with Gasteiger partial charge in [-0.1, -0.05) is 0 Å². The molecular formula is C6H7F7O4P-. The van der Waals surface area contributed by atoms with E-state index >= 15 is 0 Å². The second-order valence-corrected chi connectivity index (χ2v) is 4.40. The zero-order valence-corrected chi connectivity index (χ0v) is 9.28. The van der Waals surface area contributed by atoms with Crippen LogP contribution in [0.2, 0.25) is 0 Å². The van der Waals surface area contributed by atoms with Crippen LogP contribution in [0.4, 0.5) is 30.7 Å². The molecule has 0 spiro atoms. The smallest absolute Gasteiger partial charge is 0.431 e. The molecule has 1 unspecified atom stereocenters. The third-order valence-corrected chi connectivity index (χ3v) is 2.33. The summed E-state index contributed by atoms with van der Waals surface area (Å²) in [6, 6.07) is 0. The summed E-state index contributed by atoms with van der Waals surface area (Å²) in [5.41, 5.74) is -5.45. The topological polar surface area (TPSA) is 69.6 Å². The lowest BCUT2D eigenvalue weighted by Gasteiger charge is -2.30. The van der Waals surface area contributed by atoms with Crippen molar-refractivity contribution in [3.05, 3.63) is 0 Å². The summed E-state index contributed by atoms with van der Waals surface area (Å²) in [5.74, 6) is 0. The minimum Gasteiger partial charge on any atom is -0.756 e. The molecule has 0 bridgehead atoms. The van der Waals surface area contributed by atoms with Gasteiger partial charge in [-0.3, -0.25) is 4.57 Å². The van der Waals surface area contributed by atoms with Crippen molar-refractivity contribution in [2.45, 2.75) is 30.9 Å². The van der Waals surface area contributed by atoms with Gasteiger partial charge >= 0.3 is 12.4 Å². The lowest BCUT2D eigenvalue weighted by molar-refractivity contribution is -0.343. The largest absolute Gasteiger partial charge is 0.756 e. The molecule has 1 atom stereocenters. The zero-order valence-electron chi connectivity index (χ0n) is 8.39. The minimum atomic E-state index is -6.19. The van der Waals surface area contributed by atoms with Crippen LogP contribution in [-0.2, 0) is 9.09 Å². The number of alkyl halides is 7. The first kappa shape index (κ1) is 17.6. The van der Waals surface area contributed by atoms with Crippen LogP contribution >= 0.6 is 7.82 Å². The Morgan fingerprint density at radius 2 is 1.44 bits per heavy atom. The van der Waals surface area contributed by atoms with E-state index in [9.17, 15) is 40.2 Å². The summed E-state index contributed by atoms with van der Waals surface area (Å²) >= 11 is 0. The van der Waals surface area contributed by atoms with Gasteiger partial charge in [-0.25, -0.2) is 4.39 Å². The van der Waals surface area contributed by atoms with Gasteiger partial charge in [-0.2, -0.15) is 26.3 Å². The Hall–Kier alpha value is -0.380. The Labute approximate surface area is 96.0 Å². The molecule has 0 rings (SSSR count). The molecule has 110 valence electrons. The summed E-state index contributed by atoms with van der Waals surface area (Å²) in [4.78, 5) is 18.0. The van der Waals surface area contributed by atoms with Crippen molar-refractivity contribution in [1.82, 2.24) is 0 Å². The summed E-state index contributed by atoms with van der Waals surface area (Å²) < 4.78 is 98.1. The summed E-state index contributed by atoms with van der Waals surface area (Å²) in [6.45, 7) is -1.20. The molecule has 1 N–H and O–H groups in total. The van der Waals surface area contributed by atoms with Crippen molar-refractivity contribution in [1.29, 1.82) is 0 Å². The van der Waals surface area contributed by atoms with Crippen molar-refractivity contribution in [3.8, 4) is 0 Å². The second-order valence-electron chi connectivity index (χ2n) is 3.20. The standard InChI is InChI=1S/C6H8F7O4P/c7-4(5(8,9)10,6(11,12)13)2-1-3-17-18(14,15)16/h1-3H2,(H2,14,15,16)/p-1. The molecule has 0 aliphatic heterocycles. The average molecular weight is 307 g/mol. The molecule has 0 fully saturated rings. The van der Waals surface area contributed by atoms with E-state index < -0.39 is 45.3 Å². The van der Waals surface area contributed by atoms with E-state index in [1.807, 2.05) is 0 Å².